The Kier molecular flexibility index (Phi) is 7.07. The maximum absolute atomic E-state index is 12.2. The van der Waals surface area contributed by atoms with Crippen LogP contribution in [0.1, 0.15) is 62.5 Å². The Morgan fingerprint density at radius 3 is 2.61 bits per heavy atom. The molecule has 1 saturated carbocycles. The van der Waals surface area contributed by atoms with Gasteiger partial charge >= 0.3 is 0 Å². The number of hydrogen-bond acceptors (Lipinski definition) is 1. The van der Waals surface area contributed by atoms with Gasteiger partial charge in [-0.05, 0) is 74.1 Å². The van der Waals surface area contributed by atoms with E-state index < -0.39 is 6.43 Å². The van der Waals surface area contributed by atoms with Crippen LogP contribution in [-0.4, -0.2) is 13.0 Å². The van der Waals surface area contributed by atoms with Gasteiger partial charge < -0.3 is 4.74 Å². The number of benzene rings is 1. The molecule has 0 aromatic heterocycles. The van der Waals surface area contributed by atoms with Crippen molar-refractivity contribution in [2.75, 3.05) is 6.61 Å². The molecule has 0 atom stereocenters. The summed E-state index contributed by atoms with van der Waals surface area (Å²) in [6.07, 6.45) is 6.75. The van der Waals surface area contributed by atoms with Crippen LogP contribution in [-0.2, 0) is 0 Å². The van der Waals surface area contributed by atoms with Crippen molar-refractivity contribution < 1.29 is 13.5 Å². The molecule has 0 bridgehead atoms. The Bertz CT molecular complexity index is 502. The van der Waals surface area contributed by atoms with Crippen LogP contribution in [0.3, 0.4) is 0 Å². The van der Waals surface area contributed by atoms with Crippen LogP contribution >= 0.6 is 0 Å². The van der Waals surface area contributed by atoms with Crippen molar-refractivity contribution in [2.45, 2.75) is 64.7 Å². The number of rotatable bonds is 7. The van der Waals surface area contributed by atoms with Crippen LogP contribution in [0.25, 0.3) is 0 Å². The minimum Gasteiger partial charge on any atom is -0.494 e. The third-order valence-electron chi connectivity index (χ3n) is 4.66. The SMILES string of the molecule is CCCOc1ccc(C)c(C2CCC(/C=C/CC(F)F)CC2)c1. The fourth-order valence-electron chi connectivity index (χ4n) is 3.36. The Balaban J connectivity index is 1.92. The molecule has 0 heterocycles. The molecule has 1 aliphatic carbocycles. The van der Waals surface area contributed by atoms with Crippen molar-refractivity contribution in [3.05, 3.63) is 41.5 Å². The van der Waals surface area contributed by atoms with Gasteiger partial charge in [0.2, 0.25) is 6.43 Å². The molecule has 2 rings (SSSR count). The predicted octanol–water partition coefficient (Wildman–Crippen LogP) is 6.27. The molecule has 23 heavy (non-hydrogen) atoms. The molecule has 1 aliphatic rings. The number of hydrogen-bond donors (Lipinski definition) is 0. The molecule has 0 unspecified atom stereocenters. The fraction of sp³-hybridized carbons (Fsp3) is 0.600. The molecule has 1 aromatic rings. The maximum Gasteiger partial charge on any atom is 0.242 e. The minimum atomic E-state index is -2.23. The van der Waals surface area contributed by atoms with Gasteiger partial charge in [0.1, 0.15) is 5.75 Å². The van der Waals surface area contributed by atoms with Gasteiger partial charge in [0, 0.05) is 6.42 Å². The average molecular weight is 322 g/mol. The Morgan fingerprint density at radius 1 is 1.22 bits per heavy atom. The van der Waals surface area contributed by atoms with Gasteiger partial charge in [0.25, 0.3) is 0 Å². The van der Waals surface area contributed by atoms with Crippen LogP contribution in [0.5, 0.6) is 5.75 Å². The lowest BCUT2D eigenvalue weighted by Crippen LogP contribution is -2.13. The van der Waals surface area contributed by atoms with Crippen LogP contribution < -0.4 is 4.74 Å². The van der Waals surface area contributed by atoms with Crippen molar-refractivity contribution in [3.8, 4) is 5.75 Å². The van der Waals surface area contributed by atoms with E-state index in [1.54, 1.807) is 6.08 Å². The highest BCUT2D eigenvalue weighted by atomic mass is 19.3. The van der Waals surface area contributed by atoms with Gasteiger partial charge in [-0.15, -0.1) is 0 Å². The molecular formula is C20H28F2O. The number of alkyl halides is 2. The fourth-order valence-corrected chi connectivity index (χ4v) is 3.36. The lowest BCUT2D eigenvalue weighted by Gasteiger charge is -2.28. The Labute approximate surface area is 138 Å². The van der Waals surface area contributed by atoms with Crippen LogP contribution in [0.15, 0.2) is 30.4 Å². The zero-order valence-electron chi connectivity index (χ0n) is 14.2. The summed E-state index contributed by atoms with van der Waals surface area (Å²) < 4.78 is 30.1. The summed E-state index contributed by atoms with van der Waals surface area (Å²) >= 11 is 0. The lowest BCUT2D eigenvalue weighted by molar-refractivity contribution is 0.152. The van der Waals surface area contributed by atoms with Crippen molar-refractivity contribution >= 4 is 0 Å². The second-order valence-electron chi connectivity index (χ2n) is 6.53. The first kappa shape index (κ1) is 18.0. The van der Waals surface area contributed by atoms with Crippen LogP contribution in [0.4, 0.5) is 8.78 Å². The summed E-state index contributed by atoms with van der Waals surface area (Å²) in [6, 6.07) is 6.39. The lowest BCUT2D eigenvalue weighted by atomic mass is 9.77. The molecule has 1 nitrogen and oxygen atoms in total. The molecule has 0 aliphatic heterocycles. The van der Waals surface area contributed by atoms with E-state index in [2.05, 4.69) is 26.0 Å². The Morgan fingerprint density at radius 2 is 1.96 bits per heavy atom. The summed E-state index contributed by atoms with van der Waals surface area (Å²) in [4.78, 5) is 0. The standard InChI is InChI=1S/C20H28F2O/c1-3-13-23-18-12-7-15(2)19(14-18)17-10-8-16(9-11-17)5-4-6-20(21)22/h4-5,7,12,14,16-17,20H,3,6,8-11,13H2,1-2H3/b5-4+. The first-order chi connectivity index (χ1) is 11.1. The van der Waals surface area contributed by atoms with E-state index in [1.165, 1.54) is 11.1 Å². The monoisotopic (exact) mass is 322 g/mol. The summed E-state index contributed by atoms with van der Waals surface area (Å²) in [5.74, 6) is 2.00. The van der Waals surface area contributed by atoms with Crippen molar-refractivity contribution in [2.24, 2.45) is 5.92 Å². The van der Waals surface area contributed by atoms with Crippen molar-refractivity contribution in [1.29, 1.82) is 0 Å². The van der Waals surface area contributed by atoms with E-state index in [4.69, 9.17) is 4.74 Å². The predicted molar refractivity (Wildman–Crippen MR) is 91.4 cm³/mol. The first-order valence-electron chi connectivity index (χ1n) is 8.78. The summed E-state index contributed by atoms with van der Waals surface area (Å²) in [7, 11) is 0. The summed E-state index contributed by atoms with van der Waals surface area (Å²) in [6.45, 7) is 5.02. The molecule has 0 spiro atoms. The van der Waals surface area contributed by atoms with Crippen molar-refractivity contribution in [3.63, 3.8) is 0 Å². The normalized spacial score (nSPS) is 22.0. The number of allylic oxidation sites excluding steroid dienone is 2. The number of halogens is 2. The highest BCUT2D eigenvalue weighted by molar-refractivity contribution is 5.37. The second-order valence-corrected chi connectivity index (χ2v) is 6.53. The van der Waals surface area contributed by atoms with Gasteiger partial charge in [-0.25, -0.2) is 8.78 Å². The summed E-state index contributed by atoms with van der Waals surface area (Å²) in [5, 5.41) is 0. The van der Waals surface area contributed by atoms with E-state index >= 15 is 0 Å². The number of aryl methyl sites for hydroxylation is 1. The summed E-state index contributed by atoms with van der Waals surface area (Å²) in [5.41, 5.74) is 2.72. The first-order valence-corrected chi connectivity index (χ1v) is 8.78. The third kappa shape index (κ3) is 5.63. The molecule has 0 radical (unpaired) electrons. The smallest absolute Gasteiger partial charge is 0.242 e. The van der Waals surface area contributed by atoms with Gasteiger partial charge in [-0.2, -0.15) is 0 Å². The quantitative estimate of drug-likeness (QED) is 0.538. The molecule has 0 saturated heterocycles. The van der Waals surface area contributed by atoms with Crippen LogP contribution in [0.2, 0.25) is 0 Å². The molecular weight excluding hydrogens is 294 g/mol. The van der Waals surface area contributed by atoms with E-state index in [0.29, 0.717) is 11.8 Å². The van der Waals surface area contributed by atoms with E-state index in [-0.39, 0.29) is 6.42 Å². The largest absolute Gasteiger partial charge is 0.494 e. The van der Waals surface area contributed by atoms with Gasteiger partial charge in [-0.1, -0.05) is 25.1 Å². The van der Waals surface area contributed by atoms with E-state index in [9.17, 15) is 8.78 Å². The van der Waals surface area contributed by atoms with Gasteiger partial charge in [0.15, 0.2) is 0 Å². The topological polar surface area (TPSA) is 9.23 Å². The molecule has 0 amide bonds. The molecule has 1 fully saturated rings. The molecule has 1 aromatic carbocycles. The van der Waals surface area contributed by atoms with Gasteiger partial charge in [0.05, 0.1) is 6.61 Å². The average Bonchev–Trinajstić information content (AvgIpc) is 2.54. The maximum atomic E-state index is 12.2. The third-order valence-corrected chi connectivity index (χ3v) is 4.66. The van der Waals surface area contributed by atoms with Gasteiger partial charge in [-0.3, -0.25) is 0 Å². The Hall–Kier alpha value is -1.38. The van der Waals surface area contributed by atoms with Crippen molar-refractivity contribution in [1.82, 2.24) is 0 Å². The zero-order valence-corrected chi connectivity index (χ0v) is 14.2. The minimum absolute atomic E-state index is 0.115. The highest BCUT2D eigenvalue weighted by Gasteiger charge is 2.22. The zero-order chi connectivity index (χ0) is 16.7. The molecule has 3 heteroatoms. The second kappa shape index (κ2) is 9.05. The number of ether oxygens (including phenoxy) is 1. The van der Waals surface area contributed by atoms with Crippen LogP contribution in [0, 0.1) is 12.8 Å². The molecule has 128 valence electrons. The highest BCUT2D eigenvalue weighted by Crippen LogP contribution is 2.38. The van der Waals surface area contributed by atoms with E-state index in [1.807, 2.05) is 12.1 Å². The van der Waals surface area contributed by atoms with E-state index in [0.717, 1.165) is 44.5 Å². The molecule has 0 N–H and O–H groups in total.